The lowest BCUT2D eigenvalue weighted by Gasteiger charge is -2.56. The standard InChI is InChI=1S/C26H37N3O/c1-16-4-6-20-19(10-16)5-7-22-21(20)8-9-26(3)23(11-17(2)25(22)26)24(30)15-29-14-18(12-27)13-28-29/h13-14,16-17,19-23,25H,4-11,15H2,1-3H3. The van der Waals surface area contributed by atoms with Crippen LogP contribution in [0.3, 0.4) is 0 Å². The monoisotopic (exact) mass is 407 g/mol. The summed E-state index contributed by atoms with van der Waals surface area (Å²) in [7, 11) is 0. The molecule has 0 aromatic carbocycles. The molecule has 0 bridgehead atoms. The summed E-state index contributed by atoms with van der Waals surface area (Å²) in [6.45, 7) is 7.64. The van der Waals surface area contributed by atoms with E-state index in [0.29, 0.717) is 29.7 Å². The minimum Gasteiger partial charge on any atom is -0.297 e. The van der Waals surface area contributed by atoms with Crippen LogP contribution in [0.4, 0.5) is 0 Å². The molecular weight excluding hydrogens is 370 g/mol. The van der Waals surface area contributed by atoms with Crippen LogP contribution >= 0.6 is 0 Å². The van der Waals surface area contributed by atoms with Crippen LogP contribution in [0, 0.1) is 64.1 Å². The Labute approximate surface area is 181 Å². The first kappa shape index (κ1) is 20.3. The normalized spacial score (nSPS) is 45.1. The molecule has 4 heteroatoms. The molecule has 4 nitrogen and oxygen atoms in total. The van der Waals surface area contributed by atoms with Crippen molar-refractivity contribution >= 4 is 5.78 Å². The van der Waals surface area contributed by atoms with Gasteiger partial charge in [-0.25, -0.2) is 0 Å². The minimum absolute atomic E-state index is 0.150. The van der Waals surface area contributed by atoms with Gasteiger partial charge in [-0.3, -0.25) is 9.48 Å². The molecule has 0 amide bonds. The van der Waals surface area contributed by atoms with E-state index >= 15 is 0 Å². The number of rotatable bonds is 3. The van der Waals surface area contributed by atoms with Crippen molar-refractivity contribution in [2.75, 3.05) is 0 Å². The summed E-state index contributed by atoms with van der Waals surface area (Å²) in [6, 6.07) is 2.11. The van der Waals surface area contributed by atoms with Crippen molar-refractivity contribution in [2.45, 2.75) is 78.7 Å². The highest BCUT2D eigenvalue weighted by atomic mass is 16.1. The number of nitriles is 1. The molecule has 4 saturated carbocycles. The molecule has 1 aromatic heterocycles. The molecule has 1 aromatic rings. The van der Waals surface area contributed by atoms with E-state index in [9.17, 15) is 4.79 Å². The lowest BCUT2D eigenvalue weighted by atomic mass is 9.48. The van der Waals surface area contributed by atoms with E-state index in [-0.39, 0.29) is 11.3 Å². The van der Waals surface area contributed by atoms with Crippen molar-refractivity contribution in [3.63, 3.8) is 0 Å². The quantitative estimate of drug-likeness (QED) is 0.667. The Balaban J connectivity index is 1.35. The molecule has 0 radical (unpaired) electrons. The third-order valence-corrected chi connectivity index (χ3v) is 10.00. The van der Waals surface area contributed by atoms with E-state index in [1.165, 1.54) is 44.9 Å². The lowest BCUT2D eigenvalue weighted by molar-refractivity contribution is -0.131. The average molecular weight is 408 g/mol. The van der Waals surface area contributed by atoms with Crippen molar-refractivity contribution in [3.8, 4) is 6.07 Å². The van der Waals surface area contributed by atoms with E-state index in [4.69, 9.17) is 5.26 Å². The number of nitrogens with zero attached hydrogens (tertiary/aromatic N) is 3. The smallest absolute Gasteiger partial charge is 0.157 e. The third-order valence-electron chi connectivity index (χ3n) is 10.00. The van der Waals surface area contributed by atoms with E-state index in [2.05, 4.69) is 31.9 Å². The van der Waals surface area contributed by atoms with Crippen molar-refractivity contribution in [2.24, 2.45) is 52.8 Å². The van der Waals surface area contributed by atoms with Gasteiger partial charge in [0.2, 0.25) is 0 Å². The molecule has 162 valence electrons. The highest BCUT2D eigenvalue weighted by Gasteiger charge is 2.60. The highest BCUT2D eigenvalue weighted by molar-refractivity contribution is 5.82. The van der Waals surface area contributed by atoms with Gasteiger partial charge in [0.1, 0.15) is 6.07 Å². The highest BCUT2D eigenvalue weighted by Crippen LogP contribution is 2.66. The zero-order valence-corrected chi connectivity index (χ0v) is 18.9. The predicted molar refractivity (Wildman–Crippen MR) is 116 cm³/mol. The summed E-state index contributed by atoms with van der Waals surface area (Å²) >= 11 is 0. The van der Waals surface area contributed by atoms with Crippen LogP contribution in [0.15, 0.2) is 12.4 Å². The molecule has 0 N–H and O–H groups in total. The van der Waals surface area contributed by atoms with Gasteiger partial charge in [0.25, 0.3) is 0 Å². The van der Waals surface area contributed by atoms with Crippen LogP contribution in [0.25, 0.3) is 0 Å². The van der Waals surface area contributed by atoms with Crippen molar-refractivity contribution in [1.29, 1.82) is 5.26 Å². The van der Waals surface area contributed by atoms with Crippen LogP contribution in [0.1, 0.15) is 77.7 Å². The Kier molecular flexibility index (Phi) is 5.07. The number of hydrogen-bond donors (Lipinski definition) is 0. The first-order valence-corrected chi connectivity index (χ1v) is 12.4. The Morgan fingerprint density at radius 3 is 2.73 bits per heavy atom. The number of fused-ring (bicyclic) bond motifs is 5. The largest absolute Gasteiger partial charge is 0.297 e. The second kappa shape index (κ2) is 7.50. The Morgan fingerprint density at radius 1 is 1.17 bits per heavy atom. The molecule has 0 spiro atoms. The number of carbonyl (C=O) groups excluding carboxylic acids is 1. The fourth-order valence-electron chi connectivity index (χ4n) is 8.91. The van der Waals surface area contributed by atoms with E-state index in [1.54, 1.807) is 17.1 Å². The van der Waals surface area contributed by atoms with E-state index < -0.39 is 0 Å². The predicted octanol–water partition coefficient (Wildman–Crippen LogP) is 5.47. The van der Waals surface area contributed by atoms with Gasteiger partial charge < -0.3 is 0 Å². The van der Waals surface area contributed by atoms with Gasteiger partial charge in [-0.2, -0.15) is 10.4 Å². The fourth-order valence-corrected chi connectivity index (χ4v) is 8.91. The number of aromatic nitrogens is 2. The van der Waals surface area contributed by atoms with Crippen molar-refractivity contribution < 1.29 is 4.79 Å². The van der Waals surface area contributed by atoms with Crippen LogP contribution in [0.5, 0.6) is 0 Å². The van der Waals surface area contributed by atoms with Gasteiger partial charge in [-0.05, 0) is 91.8 Å². The molecule has 4 aliphatic carbocycles. The van der Waals surface area contributed by atoms with E-state index in [1.807, 2.05) is 0 Å². The topological polar surface area (TPSA) is 58.7 Å². The molecular formula is C26H37N3O. The van der Waals surface area contributed by atoms with Crippen LogP contribution in [-0.4, -0.2) is 15.6 Å². The Hall–Kier alpha value is -1.63. The van der Waals surface area contributed by atoms with E-state index in [0.717, 1.165) is 36.0 Å². The number of Topliss-reactive ketones (excluding diaryl/α,β-unsaturated/α-hetero) is 1. The molecule has 9 atom stereocenters. The number of ketones is 1. The first-order chi connectivity index (χ1) is 14.4. The number of carbonyl (C=O) groups is 1. The fraction of sp³-hybridized carbons (Fsp3) is 0.808. The van der Waals surface area contributed by atoms with Gasteiger partial charge >= 0.3 is 0 Å². The summed E-state index contributed by atoms with van der Waals surface area (Å²) in [4.78, 5) is 13.4. The van der Waals surface area contributed by atoms with Gasteiger partial charge in [-0.15, -0.1) is 0 Å². The van der Waals surface area contributed by atoms with Gasteiger partial charge in [0.15, 0.2) is 5.78 Å². The van der Waals surface area contributed by atoms with Crippen molar-refractivity contribution in [3.05, 3.63) is 18.0 Å². The molecule has 5 rings (SSSR count). The Bertz CT molecular complexity index is 853. The maximum absolute atomic E-state index is 13.4. The van der Waals surface area contributed by atoms with Crippen LogP contribution < -0.4 is 0 Å². The summed E-state index contributed by atoms with van der Waals surface area (Å²) in [5.74, 6) is 6.43. The molecule has 4 fully saturated rings. The number of hydrogen-bond acceptors (Lipinski definition) is 3. The summed E-state index contributed by atoms with van der Waals surface area (Å²) in [5, 5.41) is 13.3. The molecule has 1 heterocycles. The van der Waals surface area contributed by atoms with Gasteiger partial charge in [0.05, 0.1) is 18.3 Å². The molecule has 4 aliphatic rings. The van der Waals surface area contributed by atoms with Gasteiger partial charge in [-0.1, -0.05) is 27.2 Å². The second-order valence-electron chi connectivity index (χ2n) is 11.6. The van der Waals surface area contributed by atoms with Crippen LogP contribution in [-0.2, 0) is 11.3 Å². The third kappa shape index (κ3) is 3.15. The van der Waals surface area contributed by atoms with Crippen molar-refractivity contribution in [1.82, 2.24) is 9.78 Å². The van der Waals surface area contributed by atoms with Crippen LogP contribution in [0.2, 0.25) is 0 Å². The zero-order chi connectivity index (χ0) is 21.0. The lowest BCUT2D eigenvalue weighted by Crippen LogP contribution is -2.50. The summed E-state index contributed by atoms with van der Waals surface area (Å²) < 4.78 is 1.67. The second-order valence-corrected chi connectivity index (χ2v) is 11.6. The molecule has 30 heavy (non-hydrogen) atoms. The Morgan fingerprint density at radius 2 is 1.97 bits per heavy atom. The summed E-state index contributed by atoms with van der Waals surface area (Å²) in [5.41, 5.74) is 0.684. The zero-order valence-electron chi connectivity index (χ0n) is 18.9. The maximum atomic E-state index is 13.4. The SMILES string of the molecule is CC1CCC2C(CCC3C2CCC2(C)C(C(=O)Cn4cc(C#N)cn4)CC(C)C32)C1. The molecule has 0 aliphatic heterocycles. The molecule has 9 unspecified atom stereocenters. The maximum Gasteiger partial charge on any atom is 0.157 e. The average Bonchev–Trinajstić information content (AvgIpc) is 3.29. The first-order valence-electron chi connectivity index (χ1n) is 12.4. The summed E-state index contributed by atoms with van der Waals surface area (Å²) in [6.07, 6.45) is 14.0. The minimum atomic E-state index is 0.150. The molecule has 0 saturated heterocycles. The van der Waals surface area contributed by atoms with Gasteiger partial charge in [0, 0.05) is 12.1 Å².